The summed E-state index contributed by atoms with van der Waals surface area (Å²) < 4.78 is 27.5. The number of nitrogens with zero attached hydrogens (tertiary/aromatic N) is 3. The van der Waals surface area contributed by atoms with Gasteiger partial charge in [0.25, 0.3) is 0 Å². The number of rotatable bonds is 5. The third-order valence-corrected chi connectivity index (χ3v) is 9.45. The van der Waals surface area contributed by atoms with Gasteiger partial charge in [-0.2, -0.15) is 9.57 Å². The number of piperazine rings is 1. The van der Waals surface area contributed by atoms with Crippen molar-refractivity contribution in [3.8, 4) is 6.07 Å². The summed E-state index contributed by atoms with van der Waals surface area (Å²) in [5.41, 5.74) is 3.73. The van der Waals surface area contributed by atoms with E-state index in [1.165, 1.54) is 20.5 Å². The van der Waals surface area contributed by atoms with Crippen molar-refractivity contribution in [2.24, 2.45) is 0 Å². The highest BCUT2D eigenvalue weighted by atomic mass is 32.2. The summed E-state index contributed by atoms with van der Waals surface area (Å²) in [6.07, 6.45) is 4.09. The molecule has 1 aromatic heterocycles. The molecule has 1 aromatic carbocycles. The number of hydrogen-bond donors (Lipinski definition) is 1. The third kappa shape index (κ3) is 4.59. The van der Waals surface area contributed by atoms with Crippen LogP contribution < -0.4 is 5.32 Å². The second-order valence-electron chi connectivity index (χ2n) is 8.50. The van der Waals surface area contributed by atoms with Gasteiger partial charge in [0.2, 0.25) is 15.9 Å². The predicted octanol–water partition coefficient (Wildman–Crippen LogP) is 3.06. The molecule has 1 aliphatic carbocycles. The molecular weight excluding hydrogens is 444 g/mol. The van der Waals surface area contributed by atoms with Gasteiger partial charge in [0.1, 0.15) is 11.1 Å². The monoisotopic (exact) mass is 472 g/mol. The number of amides is 1. The Morgan fingerprint density at radius 3 is 2.53 bits per heavy atom. The summed E-state index contributed by atoms with van der Waals surface area (Å²) in [6, 6.07) is 7.48. The summed E-state index contributed by atoms with van der Waals surface area (Å²) in [5.74, 6) is -0.162. The van der Waals surface area contributed by atoms with Gasteiger partial charge >= 0.3 is 0 Å². The summed E-state index contributed by atoms with van der Waals surface area (Å²) in [4.78, 5) is 16.1. The number of aryl methyl sites for hydroxylation is 3. The van der Waals surface area contributed by atoms with Crippen molar-refractivity contribution in [3.05, 3.63) is 45.3 Å². The van der Waals surface area contributed by atoms with Gasteiger partial charge in [0.15, 0.2) is 0 Å². The molecule has 32 heavy (non-hydrogen) atoms. The van der Waals surface area contributed by atoms with E-state index < -0.39 is 10.0 Å². The molecule has 0 radical (unpaired) electrons. The normalized spacial score (nSPS) is 17.5. The van der Waals surface area contributed by atoms with Gasteiger partial charge < -0.3 is 5.32 Å². The van der Waals surface area contributed by atoms with Gasteiger partial charge in [-0.3, -0.25) is 9.69 Å². The molecule has 0 atom stereocenters. The lowest BCUT2D eigenvalue weighted by atomic mass is 9.96. The van der Waals surface area contributed by atoms with Crippen molar-refractivity contribution in [1.82, 2.24) is 9.21 Å². The molecule has 2 aliphatic rings. The summed E-state index contributed by atoms with van der Waals surface area (Å²) in [6.45, 7) is 5.73. The maximum atomic E-state index is 13.0. The zero-order valence-electron chi connectivity index (χ0n) is 18.5. The molecule has 2 aromatic rings. The average Bonchev–Trinajstić information content (AvgIpc) is 3.12. The molecule has 4 rings (SSSR count). The Hall–Kier alpha value is -2.25. The first-order valence-corrected chi connectivity index (χ1v) is 13.2. The zero-order chi connectivity index (χ0) is 22.9. The highest BCUT2D eigenvalue weighted by molar-refractivity contribution is 7.89. The first kappa shape index (κ1) is 22.9. The number of anilines is 1. The molecule has 0 saturated carbocycles. The Morgan fingerprint density at radius 1 is 1.12 bits per heavy atom. The van der Waals surface area contributed by atoms with Crippen LogP contribution in [0.2, 0.25) is 0 Å². The minimum Gasteiger partial charge on any atom is -0.315 e. The smallest absolute Gasteiger partial charge is 0.243 e. The quantitative estimate of drug-likeness (QED) is 0.722. The van der Waals surface area contributed by atoms with E-state index in [0.29, 0.717) is 41.6 Å². The van der Waals surface area contributed by atoms with Crippen molar-refractivity contribution in [3.63, 3.8) is 0 Å². The first-order chi connectivity index (χ1) is 15.3. The van der Waals surface area contributed by atoms with Gasteiger partial charge in [-0.25, -0.2) is 8.42 Å². The third-order valence-electron chi connectivity index (χ3n) is 6.35. The number of benzene rings is 1. The maximum absolute atomic E-state index is 13.0. The SMILES string of the molecule is Cc1ccc(S(=O)(=O)N2CCN(CC(=O)Nc3sc4c(c3C#N)CCCC4)CC2)cc1C. The topological polar surface area (TPSA) is 93.5 Å². The molecule has 9 heteroatoms. The van der Waals surface area contributed by atoms with Crippen LogP contribution in [0.15, 0.2) is 23.1 Å². The Balaban J connectivity index is 1.35. The van der Waals surface area contributed by atoms with Crippen molar-refractivity contribution < 1.29 is 13.2 Å². The van der Waals surface area contributed by atoms with Crippen molar-refractivity contribution in [2.45, 2.75) is 44.4 Å². The van der Waals surface area contributed by atoms with E-state index in [1.807, 2.05) is 24.8 Å². The van der Waals surface area contributed by atoms with Gasteiger partial charge in [-0.1, -0.05) is 6.07 Å². The maximum Gasteiger partial charge on any atom is 0.243 e. The second kappa shape index (κ2) is 9.32. The lowest BCUT2D eigenvalue weighted by Gasteiger charge is -2.33. The number of sulfonamides is 1. The Kier molecular flexibility index (Phi) is 6.67. The van der Waals surface area contributed by atoms with Crippen molar-refractivity contribution in [2.75, 3.05) is 38.0 Å². The number of nitrogens with one attached hydrogen (secondary N) is 1. The van der Waals surface area contributed by atoms with E-state index in [9.17, 15) is 18.5 Å². The van der Waals surface area contributed by atoms with Crippen molar-refractivity contribution in [1.29, 1.82) is 5.26 Å². The van der Waals surface area contributed by atoms with Gasteiger partial charge in [0.05, 0.1) is 17.0 Å². The predicted molar refractivity (Wildman–Crippen MR) is 125 cm³/mol. The minimum atomic E-state index is -3.54. The fraction of sp³-hybridized carbons (Fsp3) is 0.478. The second-order valence-corrected chi connectivity index (χ2v) is 11.5. The van der Waals surface area contributed by atoms with E-state index in [0.717, 1.165) is 42.4 Å². The molecule has 0 spiro atoms. The van der Waals surface area contributed by atoms with E-state index in [4.69, 9.17) is 0 Å². The standard InChI is InChI=1S/C23H28N4O3S2/c1-16-7-8-18(13-17(16)2)32(29,30)27-11-9-26(10-12-27)15-22(28)25-23-20(14-24)19-5-3-4-6-21(19)31-23/h7-8,13H,3-6,9-12,15H2,1-2H3,(H,25,28). The van der Waals surface area contributed by atoms with Crippen LogP contribution in [0.25, 0.3) is 0 Å². The molecule has 1 aliphatic heterocycles. The van der Waals surface area contributed by atoms with Gasteiger partial charge in [0, 0.05) is 31.1 Å². The van der Waals surface area contributed by atoms with Crippen LogP contribution in [-0.2, 0) is 27.7 Å². The van der Waals surface area contributed by atoms with Crippen LogP contribution in [-0.4, -0.2) is 56.3 Å². The molecule has 1 amide bonds. The molecule has 0 bridgehead atoms. The van der Waals surface area contributed by atoms with Crippen LogP contribution in [0.3, 0.4) is 0 Å². The average molecular weight is 473 g/mol. The summed E-state index contributed by atoms with van der Waals surface area (Å²) in [5, 5.41) is 13.1. The van der Waals surface area contributed by atoms with E-state index in [1.54, 1.807) is 12.1 Å². The Morgan fingerprint density at radius 2 is 1.84 bits per heavy atom. The molecule has 0 unspecified atom stereocenters. The Labute approximate surface area is 193 Å². The fourth-order valence-electron chi connectivity index (χ4n) is 4.29. The number of carbonyl (C=O) groups excluding carboxylic acids is 1. The fourth-order valence-corrected chi connectivity index (χ4v) is 7.06. The van der Waals surface area contributed by atoms with Crippen LogP contribution >= 0.6 is 11.3 Å². The summed E-state index contributed by atoms with van der Waals surface area (Å²) >= 11 is 1.52. The van der Waals surface area contributed by atoms with Crippen LogP contribution in [0.4, 0.5) is 5.00 Å². The number of nitriles is 1. The Bertz CT molecular complexity index is 1170. The molecular formula is C23H28N4O3S2. The molecule has 1 N–H and O–H groups in total. The van der Waals surface area contributed by atoms with E-state index in [-0.39, 0.29) is 12.5 Å². The largest absolute Gasteiger partial charge is 0.315 e. The molecule has 1 saturated heterocycles. The lowest BCUT2D eigenvalue weighted by Crippen LogP contribution is -2.50. The van der Waals surface area contributed by atoms with Gasteiger partial charge in [-0.15, -0.1) is 11.3 Å². The molecule has 7 nitrogen and oxygen atoms in total. The van der Waals surface area contributed by atoms with Crippen LogP contribution in [0, 0.1) is 25.2 Å². The number of thiophene rings is 1. The van der Waals surface area contributed by atoms with E-state index >= 15 is 0 Å². The van der Waals surface area contributed by atoms with Gasteiger partial charge in [-0.05, 0) is 68.4 Å². The first-order valence-electron chi connectivity index (χ1n) is 10.9. The molecule has 2 heterocycles. The minimum absolute atomic E-state index is 0.162. The summed E-state index contributed by atoms with van der Waals surface area (Å²) in [7, 11) is -3.54. The zero-order valence-corrected chi connectivity index (χ0v) is 20.1. The highest BCUT2D eigenvalue weighted by Gasteiger charge is 2.29. The molecule has 1 fully saturated rings. The lowest BCUT2D eigenvalue weighted by molar-refractivity contribution is -0.117. The van der Waals surface area contributed by atoms with Crippen LogP contribution in [0.5, 0.6) is 0 Å². The van der Waals surface area contributed by atoms with Crippen LogP contribution in [0.1, 0.15) is 40.0 Å². The van der Waals surface area contributed by atoms with E-state index in [2.05, 4.69) is 11.4 Å². The molecule has 170 valence electrons. The number of hydrogen-bond acceptors (Lipinski definition) is 6. The highest BCUT2D eigenvalue weighted by Crippen LogP contribution is 2.37. The number of carbonyl (C=O) groups is 1. The van der Waals surface area contributed by atoms with Crippen molar-refractivity contribution >= 4 is 32.3 Å². The number of fused-ring (bicyclic) bond motifs is 1.